The SMILES string of the molecule is C[CH2][Pb]([CH2]C)([CH2]C)[C]1=[C]CC=C1NC=O. The van der Waals surface area contributed by atoms with Crippen LogP contribution in [-0.4, -0.2) is 27.6 Å². The molecule has 0 aromatic heterocycles. The molecule has 1 aliphatic rings. The molecule has 2 nitrogen and oxygen atoms in total. The van der Waals surface area contributed by atoms with E-state index in [1.807, 2.05) is 0 Å². The first kappa shape index (κ1) is 12.9. The fourth-order valence-corrected chi connectivity index (χ4v) is 17.1. The Balaban J connectivity index is 2.94. The number of allylic oxidation sites excluding steroid dienone is 3. The third-order valence-electron chi connectivity index (χ3n) is 3.63. The molecule has 3 heteroatoms. The number of hydrogen-bond acceptors (Lipinski definition) is 1. The molecule has 1 amide bonds. The zero-order chi connectivity index (χ0) is 11.3. The molecular weight excluding hydrogens is 381 g/mol. The monoisotopic (exact) mass is 402 g/mol. The van der Waals surface area contributed by atoms with Crippen LogP contribution in [0.5, 0.6) is 0 Å². The van der Waals surface area contributed by atoms with Gasteiger partial charge in [0.05, 0.1) is 0 Å². The molecule has 0 unspecified atom stereocenters. The second-order valence-electron chi connectivity index (χ2n) is 3.98. The van der Waals surface area contributed by atoms with E-state index < -0.39 is 21.2 Å². The summed E-state index contributed by atoms with van der Waals surface area (Å²) in [6, 6.07) is 0. The third-order valence-corrected chi connectivity index (χ3v) is 25.3. The summed E-state index contributed by atoms with van der Waals surface area (Å²) in [6.45, 7) is 6.92. The number of rotatable bonds is 6. The Labute approximate surface area is 97.5 Å². The van der Waals surface area contributed by atoms with Crippen molar-refractivity contribution >= 4 is 27.6 Å². The molecule has 1 N–H and O–H groups in total. The van der Waals surface area contributed by atoms with E-state index in [4.69, 9.17) is 0 Å². The van der Waals surface area contributed by atoms with Gasteiger partial charge < -0.3 is 0 Å². The Bertz CT molecular complexity index is 282. The minimum absolute atomic E-state index is 0.790. The van der Waals surface area contributed by atoms with Crippen molar-refractivity contribution in [2.24, 2.45) is 0 Å². The summed E-state index contributed by atoms with van der Waals surface area (Å²) in [4.78, 5) is 10.5. The van der Waals surface area contributed by atoms with Gasteiger partial charge in [-0.3, -0.25) is 0 Å². The fourth-order valence-electron chi connectivity index (χ4n) is 2.40. The van der Waals surface area contributed by atoms with E-state index in [0.717, 1.165) is 18.5 Å². The molecule has 1 aliphatic carbocycles. The standard InChI is InChI=1S/C6H5NO.3C2H5.Pb/c8-5-7-6-3-1-2-4-6;3*1-2;/h3,5H,1H2,(H,7,8);3*1H2,2H3;. The van der Waals surface area contributed by atoms with Crippen molar-refractivity contribution < 1.29 is 4.79 Å². The van der Waals surface area contributed by atoms with Gasteiger partial charge in [0.25, 0.3) is 0 Å². The molecule has 0 aliphatic heterocycles. The first-order valence-electron chi connectivity index (χ1n) is 5.76. The molecule has 15 heavy (non-hydrogen) atoms. The summed E-state index contributed by atoms with van der Waals surface area (Å²) in [6.07, 6.45) is 7.26. The summed E-state index contributed by atoms with van der Waals surface area (Å²) in [7, 11) is 0. The topological polar surface area (TPSA) is 29.1 Å². The predicted molar refractivity (Wildman–Crippen MR) is 65.9 cm³/mol. The van der Waals surface area contributed by atoms with Crippen LogP contribution >= 0.6 is 0 Å². The van der Waals surface area contributed by atoms with Gasteiger partial charge >= 0.3 is 97.8 Å². The Kier molecular flexibility index (Phi) is 5.02. The van der Waals surface area contributed by atoms with Crippen LogP contribution in [0.3, 0.4) is 0 Å². The third kappa shape index (κ3) is 2.52. The molecule has 0 spiro atoms. The summed E-state index contributed by atoms with van der Waals surface area (Å²) in [5.74, 6) is 0. The predicted octanol–water partition coefficient (Wildman–Crippen LogP) is 2.80. The zero-order valence-corrected chi connectivity index (χ0v) is 13.8. The van der Waals surface area contributed by atoms with E-state index in [0.29, 0.717) is 0 Å². The summed E-state index contributed by atoms with van der Waals surface area (Å²) in [5.41, 5.74) is 1.07. The Hall–Kier alpha value is -0.128. The first-order chi connectivity index (χ1) is 7.24. The number of hydrogen-bond donors (Lipinski definition) is 1. The summed E-state index contributed by atoms with van der Waals surface area (Å²) >= 11 is -2.31. The van der Waals surface area contributed by atoms with Crippen molar-refractivity contribution in [3.8, 4) is 0 Å². The second-order valence-corrected chi connectivity index (χ2v) is 24.1. The molecule has 1 rings (SSSR count). The maximum absolute atomic E-state index is 10.5. The van der Waals surface area contributed by atoms with Gasteiger partial charge in [-0.1, -0.05) is 0 Å². The fraction of sp³-hybridized carbons (Fsp3) is 0.583. The van der Waals surface area contributed by atoms with E-state index in [9.17, 15) is 4.79 Å². The number of carbonyl (C=O) groups excluding carboxylic acids is 1. The van der Waals surface area contributed by atoms with E-state index in [2.05, 4.69) is 38.2 Å². The number of nitrogens with one attached hydrogen (secondary N) is 1. The van der Waals surface area contributed by atoms with Gasteiger partial charge in [-0.15, -0.1) is 0 Å². The normalized spacial score (nSPS) is 15.9. The number of amides is 1. The quantitative estimate of drug-likeness (QED) is 0.538. The second kappa shape index (κ2) is 5.82. The van der Waals surface area contributed by atoms with E-state index in [1.165, 1.54) is 15.1 Å². The van der Waals surface area contributed by atoms with Crippen molar-refractivity contribution in [1.29, 1.82) is 0 Å². The molecule has 83 valence electrons. The van der Waals surface area contributed by atoms with Crippen molar-refractivity contribution in [1.82, 2.24) is 5.32 Å². The maximum atomic E-state index is 10.5. The first-order valence-corrected chi connectivity index (χ1v) is 15.9. The van der Waals surface area contributed by atoms with Gasteiger partial charge in [-0.05, 0) is 0 Å². The average molecular weight is 401 g/mol. The molecule has 0 heterocycles. The Morgan fingerprint density at radius 3 is 2.47 bits per heavy atom. The van der Waals surface area contributed by atoms with Gasteiger partial charge in [0.15, 0.2) is 0 Å². The molecule has 0 saturated heterocycles. The van der Waals surface area contributed by atoms with Crippen LogP contribution in [0.15, 0.2) is 14.9 Å². The molecule has 0 aromatic rings. The van der Waals surface area contributed by atoms with Gasteiger partial charge in [-0.25, -0.2) is 0 Å². The van der Waals surface area contributed by atoms with Gasteiger partial charge in [-0.2, -0.15) is 0 Å². The zero-order valence-electron chi connectivity index (χ0n) is 9.89. The summed E-state index contributed by atoms with van der Waals surface area (Å²) < 4.78 is 5.39. The van der Waals surface area contributed by atoms with Crippen molar-refractivity contribution in [3.63, 3.8) is 0 Å². The Morgan fingerprint density at radius 2 is 2.00 bits per heavy atom. The molecule has 0 aromatic carbocycles. The van der Waals surface area contributed by atoms with Crippen LogP contribution in [0, 0.1) is 6.08 Å². The van der Waals surface area contributed by atoms with E-state index in [1.54, 1.807) is 0 Å². The van der Waals surface area contributed by atoms with Gasteiger partial charge in [0.1, 0.15) is 0 Å². The molecule has 0 fully saturated rings. The van der Waals surface area contributed by atoms with Crippen molar-refractivity contribution in [2.75, 3.05) is 0 Å². The minimum atomic E-state index is -2.31. The molecular formula is C12H20NOPb. The number of carbonyl (C=O) groups is 1. The molecule has 1 radical (unpaired) electrons. The molecule has 0 atom stereocenters. The van der Waals surface area contributed by atoms with Crippen molar-refractivity contribution in [3.05, 3.63) is 21.0 Å². The van der Waals surface area contributed by atoms with Crippen LogP contribution in [0.25, 0.3) is 0 Å². The van der Waals surface area contributed by atoms with E-state index >= 15 is 0 Å². The molecule has 0 bridgehead atoms. The Morgan fingerprint density at radius 1 is 1.40 bits per heavy atom. The van der Waals surface area contributed by atoms with Crippen LogP contribution in [0.2, 0.25) is 11.9 Å². The van der Waals surface area contributed by atoms with Gasteiger partial charge in [0.2, 0.25) is 0 Å². The van der Waals surface area contributed by atoms with Crippen molar-refractivity contribution in [2.45, 2.75) is 39.1 Å². The van der Waals surface area contributed by atoms with Crippen LogP contribution in [0.4, 0.5) is 0 Å². The van der Waals surface area contributed by atoms with Crippen LogP contribution in [0.1, 0.15) is 27.2 Å². The summed E-state index contributed by atoms with van der Waals surface area (Å²) in [5, 5.41) is 2.84. The van der Waals surface area contributed by atoms with E-state index in [-0.39, 0.29) is 0 Å². The van der Waals surface area contributed by atoms with Gasteiger partial charge in [0, 0.05) is 0 Å². The van der Waals surface area contributed by atoms with Crippen LogP contribution < -0.4 is 5.32 Å². The van der Waals surface area contributed by atoms with Crippen LogP contribution in [-0.2, 0) is 4.79 Å². The molecule has 0 saturated carbocycles. The average Bonchev–Trinajstić information content (AvgIpc) is 2.71.